The Hall–Kier alpha value is -3.67. The first-order valence-corrected chi connectivity index (χ1v) is 9.66. The molecule has 0 aliphatic heterocycles. The lowest BCUT2D eigenvalue weighted by molar-refractivity contribution is 0.0945. The molecule has 0 aliphatic carbocycles. The van der Waals surface area contributed by atoms with Crippen molar-refractivity contribution in [3.05, 3.63) is 89.2 Å². The van der Waals surface area contributed by atoms with Gasteiger partial charge in [0.1, 0.15) is 5.82 Å². The first-order valence-electron chi connectivity index (χ1n) is 9.66. The minimum absolute atomic E-state index is 0.230. The number of para-hydroxylation sites is 1. The van der Waals surface area contributed by atoms with Crippen molar-refractivity contribution >= 4 is 22.6 Å². The molecule has 1 amide bonds. The molecule has 0 saturated carbocycles. The van der Waals surface area contributed by atoms with Crippen molar-refractivity contribution in [1.29, 1.82) is 0 Å². The van der Waals surface area contributed by atoms with E-state index < -0.39 is 0 Å². The van der Waals surface area contributed by atoms with E-state index in [0.717, 1.165) is 29.6 Å². The highest BCUT2D eigenvalue weighted by Gasteiger charge is 2.09. The zero-order chi connectivity index (χ0) is 20.1. The van der Waals surface area contributed by atoms with Gasteiger partial charge in [-0.3, -0.25) is 4.79 Å². The maximum Gasteiger partial charge on any atom is 0.272 e. The summed E-state index contributed by atoms with van der Waals surface area (Å²) in [5.74, 6) is 0.423. The Morgan fingerprint density at radius 2 is 1.79 bits per heavy atom. The summed E-state index contributed by atoms with van der Waals surface area (Å²) in [5.41, 5.74) is 4.94. The number of rotatable bonds is 7. The molecule has 0 unspecified atom stereocenters. The van der Waals surface area contributed by atoms with Gasteiger partial charge in [0.05, 0.1) is 0 Å². The van der Waals surface area contributed by atoms with Gasteiger partial charge in [-0.25, -0.2) is 0 Å². The Morgan fingerprint density at radius 1 is 0.966 bits per heavy atom. The van der Waals surface area contributed by atoms with Crippen molar-refractivity contribution in [1.82, 2.24) is 20.5 Å². The molecule has 0 aliphatic rings. The third-order valence-corrected chi connectivity index (χ3v) is 4.97. The van der Waals surface area contributed by atoms with Crippen LogP contribution in [0.5, 0.6) is 0 Å². The normalized spacial score (nSPS) is 10.8. The van der Waals surface area contributed by atoms with Gasteiger partial charge in [0.15, 0.2) is 5.69 Å². The smallest absolute Gasteiger partial charge is 0.272 e. The van der Waals surface area contributed by atoms with Gasteiger partial charge < -0.3 is 15.6 Å². The van der Waals surface area contributed by atoms with Crippen LogP contribution in [0, 0.1) is 6.92 Å². The number of nitrogens with one attached hydrogen (secondary N) is 3. The van der Waals surface area contributed by atoms with Crippen LogP contribution in [0.15, 0.2) is 66.9 Å². The average molecular weight is 385 g/mol. The van der Waals surface area contributed by atoms with Gasteiger partial charge in [-0.1, -0.05) is 42.5 Å². The van der Waals surface area contributed by atoms with Gasteiger partial charge in [-0.15, -0.1) is 10.2 Å². The van der Waals surface area contributed by atoms with Gasteiger partial charge in [-0.2, -0.15) is 0 Å². The summed E-state index contributed by atoms with van der Waals surface area (Å²) >= 11 is 0. The predicted octanol–water partition coefficient (Wildman–Crippen LogP) is 3.85. The van der Waals surface area contributed by atoms with Crippen LogP contribution in [-0.4, -0.2) is 27.6 Å². The highest BCUT2D eigenvalue weighted by molar-refractivity contribution is 5.92. The summed E-state index contributed by atoms with van der Waals surface area (Å²) in [5, 5.41) is 15.6. The lowest BCUT2D eigenvalue weighted by Gasteiger charge is -2.08. The van der Waals surface area contributed by atoms with E-state index >= 15 is 0 Å². The number of amides is 1. The molecule has 2 aromatic heterocycles. The molecule has 4 aromatic rings. The summed E-state index contributed by atoms with van der Waals surface area (Å²) in [6.45, 7) is 3.23. The Kier molecular flexibility index (Phi) is 5.52. The van der Waals surface area contributed by atoms with Crippen LogP contribution in [0.4, 0.5) is 5.82 Å². The number of anilines is 1. The van der Waals surface area contributed by atoms with E-state index in [9.17, 15) is 4.79 Å². The molecule has 146 valence electrons. The molecule has 0 fully saturated rings. The maximum absolute atomic E-state index is 12.3. The van der Waals surface area contributed by atoms with Crippen molar-refractivity contribution in [3.8, 4) is 0 Å². The number of H-pyrrole nitrogens is 1. The lowest BCUT2D eigenvalue weighted by atomic mass is 10.1. The van der Waals surface area contributed by atoms with E-state index in [1.54, 1.807) is 12.1 Å². The molecule has 4 rings (SSSR count). The number of carbonyl (C=O) groups is 1. The highest BCUT2D eigenvalue weighted by atomic mass is 16.1. The van der Waals surface area contributed by atoms with Crippen LogP contribution in [-0.2, 0) is 13.0 Å². The monoisotopic (exact) mass is 385 g/mol. The Bertz CT molecular complexity index is 1120. The zero-order valence-corrected chi connectivity index (χ0v) is 16.3. The van der Waals surface area contributed by atoms with Crippen molar-refractivity contribution in [3.63, 3.8) is 0 Å². The number of nitrogens with zero attached hydrogens (tertiary/aromatic N) is 2. The second-order valence-corrected chi connectivity index (χ2v) is 6.95. The van der Waals surface area contributed by atoms with Gasteiger partial charge in [0.2, 0.25) is 0 Å². The third kappa shape index (κ3) is 4.43. The number of fused-ring (bicyclic) bond motifs is 1. The quantitative estimate of drug-likeness (QED) is 0.451. The molecule has 2 heterocycles. The molecule has 0 radical (unpaired) electrons. The number of aromatic amines is 1. The summed E-state index contributed by atoms with van der Waals surface area (Å²) in [4.78, 5) is 15.6. The number of hydrogen-bond acceptors (Lipinski definition) is 4. The van der Waals surface area contributed by atoms with E-state index in [1.807, 2.05) is 49.5 Å². The molecule has 3 N–H and O–H groups in total. The van der Waals surface area contributed by atoms with Crippen molar-refractivity contribution < 1.29 is 4.79 Å². The Morgan fingerprint density at radius 3 is 2.62 bits per heavy atom. The molecule has 29 heavy (non-hydrogen) atoms. The molecule has 0 saturated heterocycles. The Balaban J connectivity index is 1.29. The molecule has 0 atom stereocenters. The number of benzene rings is 2. The van der Waals surface area contributed by atoms with Gasteiger partial charge >= 0.3 is 0 Å². The predicted molar refractivity (Wildman–Crippen MR) is 115 cm³/mol. The van der Waals surface area contributed by atoms with Crippen molar-refractivity contribution in [2.45, 2.75) is 19.9 Å². The highest BCUT2D eigenvalue weighted by Crippen LogP contribution is 2.18. The van der Waals surface area contributed by atoms with Crippen LogP contribution in [0.25, 0.3) is 10.9 Å². The molecular weight excluding hydrogens is 362 g/mol. The van der Waals surface area contributed by atoms with Crippen LogP contribution < -0.4 is 10.6 Å². The topological polar surface area (TPSA) is 82.7 Å². The summed E-state index contributed by atoms with van der Waals surface area (Å²) in [6, 6.07) is 19.7. The van der Waals surface area contributed by atoms with E-state index in [0.29, 0.717) is 18.1 Å². The Labute approximate surface area is 169 Å². The summed E-state index contributed by atoms with van der Waals surface area (Å²) in [7, 11) is 0. The average Bonchev–Trinajstić information content (AvgIpc) is 3.17. The van der Waals surface area contributed by atoms with E-state index in [-0.39, 0.29) is 5.91 Å². The SMILES string of the molecule is Cc1ccccc1CNC(=O)c1ccc(NCCc2c[nH]c3ccccc23)nn1. The number of carbonyl (C=O) groups excluding carboxylic acids is 1. The molecule has 2 aromatic carbocycles. The molecule has 6 heteroatoms. The molecular formula is C23H23N5O. The molecule has 0 bridgehead atoms. The standard InChI is InChI=1S/C23H23N5O/c1-16-6-2-3-7-17(16)14-26-23(29)21-10-11-22(28-27-21)24-13-12-18-15-25-20-9-5-4-8-19(18)20/h2-11,15,25H,12-14H2,1H3,(H,24,28)(H,26,29). The summed E-state index contributed by atoms with van der Waals surface area (Å²) in [6.07, 6.45) is 2.91. The lowest BCUT2D eigenvalue weighted by Crippen LogP contribution is -2.24. The fourth-order valence-electron chi connectivity index (χ4n) is 3.29. The summed E-state index contributed by atoms with van der Waals surface area (Å²) < 4.78 is 0. The number of hydrogen-bond donors (Lipinski definition) is 3. The van der Waals surface area contributed by atoms with Gasteiger partial charge in [0, 0.05) is 30.2 Å². The first kappa shape index (κ1) is 18.7. The third-order valence-electron chi connectivity index (χ3n) is 4.97. The van der Waals surface area contributed by atoms with E-state index in [4.69, 9.17) is 0 Å². The minimum atomic E-state index is -0.230. The van der Waals surface area contributed by atoms with Gasteiger partial charge in [-0.05, 0) is 48.2 Å². The second kappa shape index (κ2) is 8.56. The number of aromatic nitrogens is 3. The van der Waals surface area contributed by atoms with Gasteiger partial charge in [0.25, 0.3) is 5.91 Å². The maximum atomic E-state index is 12.3. The van der Waals surface area contributed by atoms with Crippen molar-refractivity contribution in [2.24, 2.45) is 0 Å². The largest absolute Gasteiger partial charge is 0.368 e. The molecule has 6 nitrogen and oxygen atoms in total. The minimum Gasteiger partial charge on any atom is -0.368 e. The van der Waals surface area contributed by atoms with Crippen molar-refractivity contribution in [2.75, 3.05) is 11.9 Å². The van der Waals surface area contributed by atoms with E-state index in [2.05, 4.69) is 37.9 Å². The van der Waals surface area contributed by atoms with Crippen LogP contribution >= 0.6 is 0 Å². The fraction of sp³-hybridized carbons (Fsp3) is 0.174. The molecule has 0 spiro atoms. The van der Waals surface area contributed by atoms with E-state index in [1.165, 1.54) is 10.9 Å². The van der Waals surface area contributed by atoms with Crippen LogP contribution in [0.1, 0.15) is 27.2 Å². The first-order chi connectivity index (χ1) is 14.2. The number of aryl methyl sites for hydroxylation is 1. The zero-order valence-electron chi connectivity index (χ0n) is 16.3. The fourth-order valence-corrected chi connectivity index (χ4v) is 3.29. The second-order valence-electron chi connectivity index (χ2n) is 6.95. The van der Waals surface area contributed by atoms with Crippen LogP contribution in [0.2, 0.25) is 0 Å². The van der Waals surface area contributed by atoms with Crippen LogP contribution in [0.3, 0.4) is 0 Å².